The summed E-state index contributed by atoms with van der Waals surface area (Å²) in [5.41, 5.74) is 2.20. The Morgan fingerprint density at radius 3 is 2.55 bits per heavy atom. The van der Waals surface area contributed by atoms with Gasteiger partial charge in [-0.25, -0.2) is 8.42 Å². The minimum Gasteiger partial charge on any atom is -0.489 e. The average Bonchev–Trinajstić information content (AvgIpc) is 3.25. The molecule has 1 saturated heterocycles. The van der Waals surface area contributed by atoms with Gasteiger partial charge in [0.15, 0.2) is 0 Å². The van der Waals surface area contributed by atoms with Gasteiger partial charge < -0.3 is 14.6 Å². The molecule has 4 rings (SSSR count). The molecule has 1 aromatic carbocycles. The first-order chi connectivity index (χ1) is 15.9. The van der Waals surface area contributed by atoms with Crippen LogP contribution in [-0.4, -0.2) is 41.3 Å². The maximum absolute atomic E-state index is 12.9. The van der Waals surface area contributed by atoms with Crippen molar-refractivity contribution in [3.05, 3.63) is 77.9 Å². The van der Waals surface area contributed by atoms with Crippen LogP contribution in [0.3, 0.4) is 0 Å². The van der Waals surface area contributed by atoms with Crippen LogP contribution in [0.2, 0.25) is 0 Å². The first-order valence-electron chi connectivity index (χ1n) is 11.0. The number of amides is 1. The molecule has 9 heteroatoms. The van der Waals surface area contributed by atoms with Crippen LogP contribution in [0.5, 0.6) is 5.75 Å². The molecule has 1 amide bonds. The molecule has 0 unspecified atom stereocenters. The normalized spacial score (nSPS) is 14.7. The molecule has 1 aliphatic rings. The summed E-state index contributed by atoms with van der Waals surface area (Å²) in [6.07, 6.45) is 7.77. The number of ether oxygens (including phenoxy) is 1. The molecule has 1 N–H and O–H groups in total. The molecule has 174 valence electrons. The summed E-state index contributed by atoms with van der Waals surface area (Å²) < 4.78 is 34.6. The molecular formula is C24H28N4O4S. The Labute approximate surface area is 194 Å². The quantitative estimate of drug-likeness (QED) is 0.548. The summed E-state index contributed by atoms with van der Waals surface area (Å²) in [6.45, 7) is 1.81. The number of nitrogens with one attached hydrogen (secondary N) is 1. The Balaban J connectivity index is 1.34. The highest BCUT2D eigenvalue weighted by Crippen LogP contribution is 2.22. The van der Waals surface area contributed by atoms with E-state index in [0.717, 1.165) is 36.1 Å². The topological polar surface area (TPSA) is 93.5 Å². The summed E-state index contributed by atoms with van der Waals surface area (Å²) >= 11 is 0. The van der Waals surface area contributed by atoms with E-state index in [0.29, 0.717) is 31.9 Å². The number of carbonyl (C=O) groups excluding carboxylic acids is 1. The zero-order valence-electron chi connectivity index (χ0n) is 18.6. The van der Waals surface area contributed by atoms with Gasteiger partial charge in [0, 0.05) is 50.8 Å². The second-order valence-corrected chi connectivity index (χ2v) is 10.1. The predicted molar refractivity (Wildman–Crippen MR) is 124 cm³/mol. The number of aryl methyl sites for hydroxylation is 1. The monoisotopic (exact) mass is 468 g/mol. The van der Waals surface area contributed by atoms with Crippen molar-refractivity contribution >= 4 is 15.9 Å². The van der Waals surface area contributed by atoms with Gasteiger partial charge in [-0.15, -0.1) is 0 Å². The summed E-state index contributed by atoms with van der Waals surface area (Å²) in [5.74, 6) is 0.401. The Kier molecular flexibility index (Phi) is 7.10. The van der Waals surface area contributed by atoms with Crippen LogP contribution >= 0.6 is 0 Å². The van der Waals surface area contributed by atoms with E-state index in [4.69, 9.17) is 4.74 Å². The summed E-state index contributed by atoms with van der Waals surface area (Å²) in [6, 6.07) is 12.7. The number of nitrogens with zero attached hydrogens (tertiary/aromatic N) is 3. The maximum atomic E-state index is 12.9. The summed E-state index contributed by atoms with van der Waals surface area (Å²) in [7, 11) is -1.90. The SMILES string of the molecule is Cn1cc(S(=O)(=O)N2CCCCC2)cc1C(=O)NCc1ccc(OCc2cccnc2)cc1. The van der Waals surface area contributed by atoms with Crippen molar-refractivity contribution in [2.75, 3.05) is 13.1 Å². The lowest BCUT2D eigenvalue weighted by Crippen LogP contribution is -2.35. The fourth-order valence-corrected chi connectivity index (χ4v) is 5.37. The molecule has 0 radical (unpaired) electrons. The van der Waals surface area contributed by atoms with E-state index >= 15 is 0 Å². The maximum Gasteiger partial charge on any atom is 0.268 e. The molecule has 33 heavy (non-hydrogen) atoms. The number of pyridine rings is 1. The lowest BCUT2D eigenvalue weighted by atomic mass is 10.2. The number of aromatic nitrogens is 2. The molecule has 1 fully saturated rings. The molecule has 8 nitrogen and oxygen atoms in total. The molecule has 1 aliphatic heterocycles. The number of benzene rings is 1. The van der Waals surface area contributed by atoms with Crippen molar-refractivity contribution in [2.45, 2.75) is 37.3 Å². The summed E-state index contributed by atoms with van der Waals surface area (Å²) in [5, 5.41) is 2.86. The molecule has 0 bridgehead atoms. The Morgan fingerprint density at radius 1 is 1.09 bits per heavy atom. The molecule has 2 aromatic heterocycles. The zero-order chi connectivity index (χ0) is 23.3. The molecule has 0 aliphatic carbocycles. The van der Waals surface area contributed by atoms with Crippen LogP contribution in [0.4, 0.5) is 0 Å². The van der Waals surface area contributed by atoms with Gasteiger partial charge in [0.05, 0.1) is 0 Å². The van der Waals surface area contributed by atoms with Gasteiger partial charge in [-0.1, -0.05) is 24.6 Å². The van der Waals surface area contributed by atoms with E-state index in [9.17, 15) is 13.2 Å². The fraction of sp³-hybridized carbons (Fsp3) is 0.333. The van der Waals surface area contributed by atoms with Crippen molar-refractivity contribution in [3.63, 3.8) is 0 Å². The smallest absolute Gasteiger partial charge is 0.268 e. The highest BCUT2D eigenvalue weighted by molar-refractivity contribution is 7.89. The lowest BCUT2D eigenvalue weighted by molar-refractivity contribution is 0.0942. The van der Waals surface area contributed by atoms with Gasteiger partial charge in [-0.05, 0) is 42.7 Å². The first kappa shape index (κ1) is 23.0. The number of sulfonamides is 1. The van der Waals surface area contributed by atoms with E-state index in [-0.39, 0.29) is 10.8 Å². The third-order valence-corrected chi connectivity index (χ3v) is 7.53. The molecule has 3 aromatic rings. The Hall–Kier alpha value is -3.17. The van der Waals surface area contributed by atoms with Crippen LogP contribution in [0, 0.1) is 0 Å². The third-order valence-electron chi connectivity index (χ3n) is 5.67. The molecule has 3 heterocycles. The number of carbonyl (C=O) groups is 1. The van der Waals surface area contributed by atoms with Gasteiger partial charge in [0.1, 0.15) is 22.9 Å². The van der Waals surface area contributed by atoms with E-state index in [1.54, 1.807) is 24.0 Å². The largest absolute Gasteiger partial charge is 0.489 e. The second-order valence-electron chi connectivity index (χ2n) is 8.11. The van der Waals surface area contributed by atoms with Crippen molar-refractivity contribution < 1.29 is 17.9 Å². The third kappa shape index (κ3) is 5.61. The fourth-order valence-electron chi connectivity index (χ4n) is 3.78. The number of rotatable bonds is 8. The summed E-state index contributed by atoms with van der Waals surface area (Å²) in [4.78, 5) is 16.9. The molecule has 0 atom stereocenters. The van der Waals surface area contributed by atoms with Crippen LogP contribution in [0.25, 0.3) is 0 Å². The van der Waals surface area contributed by atoms with Gasteiger partial charge in [-0.3, -0.25) is 9.78 Å². The minimum atomic E-state index is -3.58. The van der Waals surface area contributed by atoms with Gasteiger partial charge in [0.2, 0.25) is 10.0 Å². The first-order valence-corrected chi connectivity index (χ1v) is 12.4. The Morgan fingerprint density at radius 2 is 1.85 bits per heavy atom. The standard InChI is InChI=1S/C24H28N4O4S/c1-27-17-22(33(30,31)28-12-3-2-4-13-28)14-23(27)24(29)26-16-19-7-9-21(10-8-19)32-18-20-6-5-11-25-15-20/h5-11,14-15,17H,2-4,12-13,16,18H2,1H3,(H,26,29). The van der Waals surface area contributed by atoms with E-state index in [1.165, 1.54) is 16.6 Å². The van der Waals surface area contributed by atoms with E-state index < -0.39 is 10.0 Å². The van der Waals surface area contributed by atoms with E-state index in [2.05, 4.69) is 10.3 Å². The minimum absolute atomic E-state index is 0.159. The van der Waals surface area contributed by atoms with E-state index in [1.807, 2.05) is 36.4 Å². The van der Waals surface area contributed by atoms with Crippen LogP contribution in [0.1, 0.15) is 40.9 Å². The molecule has 0 saturated carbocycles. The number of piperidine rings is 1. The number of hydrogen-bond donors (Lipinski definition) is 1. The lowest BCUT2D eigenvalue weighted by Gasteiger charge is -2.25. The van der Waals surface area contributed by atoms with Crippen LogP contribution < -0.4 is 10.1 Å². The van der Waals surface area contributed by atoms with Crippen molar-refractivity contribution in [2.24, 2.45) is 7.05 Å². The predicted octanol–water partition coefficient (Wildman–Crippen LogP) is 3.10. The van der Waals surface area contributed by atoms with Crippen molar-refractivity contribution in [1.29, 1.82) is 0 Å². The highest BCUT2D eigenvalue weighted by atomic mass is 32.2. The van der Waals surface area contributed by atoms with Gasteiger partial charge in [-0.2, -0.15) is 4.31 Å². The molecular weight excluding hydrogens is 440 g/mol. The van der Waals surface area contributed by atoms with Crippen molar-refractivity contribution in [3.8, 4) is 5.75 Å². The van der Waals surface area contributed by atoms with Crippen LogP contribution in [0.15, 0.2) is 66.0 Å². The average molecular weight is 469 g/mol. The van der Waals surface area contributed by atoms with Gasteiger partial charge >= 0.3 is 0 Å². The van der Waals surface area contributed by atoms with Crippen molar-refractivity contribution in [1.82, 2.24) is 19.2 Å². The molecule has 0 spiro atoms. The Bertz CT molecular complexity index is 1180. The van der Waals surface area contributed by atoms with Gasteiger partial charge in [0.25, 0.3) is 5.91 Å². The number of hydrogen-bond acceptors (Lipinski definition) is 5. The second kappa shape index (κ2) is 10.2. The highest BCUT2D eigenvalue weighted by Gasteiger charge is 2.28. The zero-order valence-corrected chi connectivity index (χ0v) is 19.4. The van der Waals surface area contributed by atoms with Crippen LogP contribution in [-0.2, 0) is 30.2 Å².